The maximum atomic E-state index is 11.4. The maximum Gasteiger partial charge on any atom is 0.370 e. The first-order chi connectivity index (χ1) is 12.7. The van der Waals surface area contributed by atoms with Crippen LogP contribution in [0.2, 0.25) is 0 Å². The Morgan fingerprint density at radius 2 is 2.11 bits per heavy atom. The molecule has 12 heteroatoms. The Labute approximate surface area is 153 Å². The van der Waals surface area contributed by atoms with Crippen molar-refractivity contribution in [3.05, 3.63) is 23.7 Å². The minimum Gasteiger partial charge on any atom is -0.478 e. The number of carboxylic acids is 1. The molecule has 5 atom stereocenters. The molecule has 12 nitrogen and oxygen atoms in total. The Hall–Kier alpha value is -2.54. The van der Waals surface area contributed by atoms with Crippen LogP contribution in [-0.4, -0.2) is 89.5 Å². The van der Waals surface area contributed by atoms with Crippen molar-refractivity contribution >= 4 is 11.9 Å². The molecule has 0 fully saturated rings. The van der Waals surface area contributed by atoms with Gasteiger partial charge in [-0.1, -0.05) is 5.21 Å². The average Bonchev–Trinajstić information content (AvgIpc) is 3.02. The lowest BCUT2D eigenvalue weighted by Crippen LogP contribution is -2.59. The number of nitrogens with zero attached hydrogens (tertiary/aromatic N) is 3. The van der Waals surface area contributed by atoms with E-state index in [1.165, 1.54) is 17.8 Å². The molecule has 6 N–H and O–H groups in total. The normalized spacial score (nSPS) is 24.5. The quantitative estimate of drug-likeness (QED) is 0.265. The van der Waals surface area contributed by atoms with Crippen LogP contribution in [0.1, 0.15) is 12.6 Å². The fraction of sp³-hybridized carbons (Fsp3) is 0.600. The van der Waals surface area contributed by atoms with E-state index in [1.807, 2.05) is 0 Å². The molecule has 1 aromatic rings. The SMILES string of the molecule is CC(=O)N[C@H]1C([C@@H](O)[C@@H](O)Cn2cc(CCO)nn2)OC(C(=O)O)=C[C@@H]1O. The molecule has 2 heterocycles. The molecule has 0 aliphatic carbocycles. The van der Waals surface area contributed by atoms with Crippen molar-refractivity contribution in [3.63, 3.8) is 0 Å². The smallest absolute Gasteiger partial charge is 0.370 e. The van der Waals surface area contributed by atoms with Gasteiger partial charge in [0.25, 0.3) is 0 Å². The van der Waals surface area contributed by atoms with E-state index in [2.05, 4.69) is 15.6 Å². The van der Waals surface area contributed by atoms with Crippen molar-refractivity contribution < 1.29 is 39.9 Å². The Kier molecular flexibility index (Phi) is 6.85. The zero-order valence-electron chi connectivity index (χ0n) is 14.5. The highest BCUT2D eigenvalue weighted by molar-refractivity contribution is 5.84. The first-order valence-corrected chi connectivity index (χ1v) is 8.16. The van der Waals surface area contributed by atoms with Crippen LogP contribution in [-0.2, 0) is 27.3 Å². The van der Waals surface area contributed by atoms with Gasteiger partial charge < -0.3 is 35.6 Å². The first-order valence-electron chi connectivity index (χ1n) is 8.16. The first kappa shape index (κ1) is 20.8. The van der Waals surface area contributed by atoms with Crippen LogP contribution >= 0.6 is 0 Å². The predicted octanol–water partition coefficient (Wildman–Crippen LogP) is -3.23. The summed E-state index contributed by atoms with van der Waals surface area (Å²) in [7, 11) is 0. The van der Waals surface area contributed by atoms with Gasteiger partial charge in [-0.2, -0.15) is 0 Å². The van der Waals surface area contributed by atoms with Gasteiger partial charge in [0.15, 0.2) is 6.10 Å². The molecule has 1 aliphatic heterocycles. The van der Waals surface area contributed by atoms with E-state index in [-0.39, 0.29) is 19.6 Å². The number of hydrogen-bond acceptors (Lipinski definition) is 9. The summed E-state index contributed by atoms with van der Waals surface area (Å²) >= 11 is 0. The van der Waals surface area contributed by atoms with Crippen LogP contribution in [0.25, 0.3) is 0 Å². The molecule has 2 rings (SSSR count). The highest BCUT2D eigenvalue weighted by Gasteiger charge is 2.43. The highest BCUT2D eigenvalue weighted by atomic mass is 16.5. The molecule has 0 bridgehead atoms. The van der Waals surface area contributed by atoms with Gasteiger partial charge >= 0.3 is 5.97 Å². The van der Waals surface area contributed by atoms with Gasteiger partial charge in [0.1, 0.15) is 18.3 Å². The second-order valence-corrected chi connectivity index (χ2v) is 6.10. The highest BCUT2D eigenvalue weighted by Crippen LogP contribution is 2.23. The number of carbonyl (C=O) groups is 2. The van der Waals surface area contributed by atoms with Crippen LogP contribution < -0.4 is 5.32 Å². The number of carbonyl (C=O) groups excluding carboxylic acids is 1. The molecular formula is C15H22N4O8. The lowest BCUT2D eigenvalue weighted by atomic mass is 9.93. The van der Waals surface area contributed by atoms with Gasteiger partial charge in [-0.05, 0) is 6.08 Å². The molecule has 0 saturated heterocycles. The number of aliphatic hydroxyl groups is 4. The Balaban J connectivity index is 2.15. The number of rotatable bonds is 8. The summed E-state index contributed by atoms with van der Waals surface area (Å²) in [6.45, 7) is 0.843. The van der Waals surface area contributed by atoms with Gasteiger partial charge in [0, 0.05) is 26.1 Å². The third kappa shape index (κ3) is 5.23. The van der Waals surface area contributed by atoms with Gasteiger partial charge in [0.05, 0.1) is 18.3 Å². The molecule has 1 aromatic heterocycles. The Morgan fingerprint density at radius 1 is 1.41 bits per heavy atom. The third-order valence-corrected chi connectivity index (χ3v) is 3.95. The van der Waals surface area contributed by atoms with Crippen molar-refractivity contribution in [2.45, 2.75) is 50.3 Å². The van der Waals surface area contributed by atoms with Crippen LogP contribution in [0.4, 0.5) is 0 Å². The van der Waals surface area contributed by atoms with Crippen molar-refractivity contribution in [2.75, 3.05) is 6.61 Å². The molecule has 0 saturated carbocycles. The molecule has 0 radical (unpaired) electrons. The summed E-state index contributed by atoms with van der Waals surface area (Å²) < 4.78 is 6.43. The van der Waals surface area contributed by atoms with E-state index in [0.29, 0.717) is 5.69 Å². The van der Waals surface area contributed by atoms with Crippen LogP contribution in [0.15, 0.2) is 18.0 Å². The molecule has 150 valence electrons. The minimum atomic E-state index is -1.66. The topological polar surface area (TPSA) is 187 Å². The standard InChI is InChI=1S/C15H22N4O8/c1-7(21)16-12-9(22)4-11(15(25)26)27-14(12)13(24)10(23)6-19-5-8(2-3-20)17-18-19/h4-5,9-10,12-14,20,22-24H,2-3,6H2,1H3,(H,16,21)(H,25,26)/t9-,10-,12+,13-,14?/m0/s1. The second-order valence-electron chi connectivity index (χ2n) is 6.10. The number of amides is 1. The van der Waals surface area contributed by atoms with Crippen molar-refractivity contribution in [3.8, 4) is 0 Å². The van der Waals surface area contributed by atoms with Gasteiger partial charge in [-0.3, -0.25) is 4.79 Å². The molecule has 0 aromatic carbocycles. The Bertz CT molecular complexity index is 706. The molecule has 27 heavy (non-hydrogen) atoms. The van der Waals surface area contributed by atoms with Gasteiger partial charge in [0.2, 0.25) is 11.7 Å². The minimum absolute atomic E-state index is 0.125. The monoisotopic (exact) mass is 386 g/mol. The number of aliphatic hydroxyl groups excluding tert-OH is 4. The van der Waals surface area contributed by atoms with E-state index in [9.17, 15) is 24.9 Å². The van der Waals surface area contributed by atoms with Crippen LogP contribution in [0.3, 0.4) is 0 Å². The number of ether oxygens (including phenoxy) is 1. The van der Waals surface area contributed by atoms with Crippen molar-refractivity contribution in [1.82, 2.24) is 20.3 Å². The lowest BCUT2D eigenvalue weighted by molar-refractivity contribution is -0.148. The van der Waals surface area contributed by atoms with Gasteiger partial charge in [-0.15, -0.1) is 5.10 Å². The van der Waals surface area contributed by atoms with Crippen LogP contribution in [0, 0.1) is 0 Å². The van der Waals surface area contributed by atoms with E-state index in [0.717, 1.165) is 6.08 Å². The number of nitrogens with one attached hydrogen (secondary N) is 1. The average molecular weight is 386 g/mol. The summed E-state index contributed by atoms with van der Waals surface area (Å²) in [4.78, 5) is 22.5. The summed E-state index contributed by atoms with van der Waals surface area (Å²) in [5, 5.41) is 58.7. The number of aromatic nitrogens is 3. The zero-order chi connectivity index (χ0) is 20.1. The van der Waals surface area contributed by atoms with E-state index in [4.69, 9.17) is 14.9 Å². The number of aliphatic carboxylic acids is 1. The van der Waals surface area contributed by atoms with E-state index >= 15 is 0 Å². The second kappa shape index (κ2) is 8.90. The Morgan fingerprint density at radius 3 is 2.70 bits per heavy atom. The lowest BCUT2D eigenvalue weighted by Gasteiger charge is -2.38. The van der Waals surface area contributed by atoms with Gasteiger partial charge in [-0.25, -0.2) is 9.48 Å². The fourth-order valence-electron chi connectivity index (χ4n) is 2.69. The summed E-state index contributed by atoms with van der Waals surface area (Å²) in [5.74, 6) is -2.61. The van der Waals surface area contributed by atoms with Crippen LogP contribution in [0.5, 0.6) is 0 Å². The predicted molar refractivity (Wildman–Crippen MR) is 87.0 cm³/mol. The summed E-state index contributed by atoms with van der Waals surface area (Å²) in [6.07, 6.45) is -3.36. The maximum absolute atomic E-state index is 11.4. The van der Waals surface area contributed by atoms with E-state index in [1.54, 1.807) is 0 Å². The molecular weight excluding hydrogens is 364 g/mol. The molecule has 1 aliphatic rings. The molecule has 1 amide bonds. The zero-order valence-corrected chi connectivity index (χ0v) is 14.5. The third-order valence-electron chi connectivity index (χ3n) is 3.95. The number of carboxylic acid groups (broad SMARTS) is 1. The summed E-state index contributed by atoms with van der Waals surface area (Å²) in [6, 6.07) is -1.17. The van der Waals surface area contributed by atoms with E-state index < -0.39 is 48.1 Å². The number of hydrogen-bond donors (Lipinski definition) is 6. The molecule has 1 unspecified atom stereocenters. The van der Waals surface area contributed by atoms with Crippen molar-refractivity contribution in [1.29, 1.82) is 0 Å². The fourth-order valence-corrected chi connectivity index (χ4v) is 2.69. The molecule has 0 spiro atoms. The summed E-state index contributed by atoms with van der Waals surface area (Å²) in [5.41, 5.74) is 0.482. The van der Waals surface area contributed by atoms with Crippen molar-refractivity contribution in [2.24, 2.45) is 0 Å². The largest absolute Gasteiger partial charge is 0.478 e.